The number of nitrogens with zero attached hydrogens (tertiary/aromatic N) is 1. The summed E-state index contributed by atoms with van der Waals surface area (Å²) in [5, 5.41) is 2.82. The Morgan fingerprint density at radius 1 is 0.882 bits per heavy atom. The molecule has 0 radical (unpaired) electrons. The number of hydrogen-bond acceptors (Lipinski definition) is 6. The number of carbonyl (C=O) groups excluding carboxylic acids is 1. The Kier molecular flexibility index (Phi) is 9.18. The first-order chi connectivity index (χ1) is 16.4. The highest BCUT2D eigenvalue weighted by Gasteiger charge is 2.27. The van der Waals surface area contributed by atoms with Crippen LogP contribution in [-0.4, -0.2) is 51.5 Å². The van der Waals surface area contributed by atoms with Crippen molar-refractivity contribution in [2.75, 3.05) is 38.2 Å². The molecule has 3 rings (SSSR count). The number of rotatable bonds is 11. The lowest BCUT2D eigenvalue weighted by atomic mass is 10.1. The number of amides is 1. The van der Waals surface area contributed by atoms with Gasteiger partial charge in [0.2, 0.25) is 10.0 Å². The van der Waals surface area contributed by atoms with Gasteiger partial charge in [-0.3, -0.25) is 4.79 Å². The standard InChI is InChI=1S/C25H34N2O6S/c1-4-16-33-23-12-10-19(17-24(23)32-6-3)25(28)26-21-18-20(11-13-22(21)31-5-2)34(29,30)27-14-8-7-9-15-27/h10-13,17-18H,4-9,14-16H2,1-3H3,(H,26,28). The minimum absolute atomic E-state index is 0.131. The second kappa shape index (κ2) is 12.1. The molecular formula is C25H34N2O6S. The van der Waals surface area contributed by atoms with Crippen molar-refractivity contribution in [3.05, 3.63) is 42.0 Å². The zero-order chi connectivity index (χ0) is 24.6. The van der Waals surface area contributed by atoms with E-state index >= 15 is 0 Å². The van der Waals surface area contributed by atoms with Crippen LogP contribution in [0, 0.1) is 0 Å². The molecular weight excluding hydrogens is 456 g/mol. The van der Waals surface area contributed by atoms with Gasteiger partial charge in [-0.05, 0) is 69.5 Å². The van der Waals surface area contributed by atoms with Crippen molar-refractivity contribution in [2.24, 2.45) is 0 Å². The molecule has 1 N–H and O–H groups in total. The summed E-state index contributed by atoms with van der Waals surface area (Å²) in [7, 11) is -3.66. The third-order valence-electron chi connectivity index (χ3n) is 5.42. The van der Waals surface area contributed by atoms with Gasteiger partial charge in [0, 0.05) is 18.7 Å². The van der Waals surface area contributed by atoms with Crippen LogP contribution < -0.4 is 19.5 Å². The highest BCUT2D eigenvalue weighted by atomic mass is 32.2. The van der Waals surface area contributed by atoms with Gasteiger partial charge in [-0.2, -0.15) is 4.31 Å². The van der Waals surface area contributed by atoms with Gasteiger partial charge in [-0.15, -0.1) is 0 Å². The lowest BCUT2D eigenvalue weighted by Gasteiger charge is -2.26. The van der Waals surface area contributed by atoms with Crippen LogP contribution >= 0.6 is 0 Å². The molecule has 0 aromatic heterocycles. The van der Waals surface area contributed by atoms with Gasteiger partial charge >= 0.3 is 0 Å². The molecule has 186 valence electrons. The van der Waals surface area contributed by atoms with Crippen LogP contribution in [0.1, 0.15) is 56.8 Å². The summed E-state index contributed by atoms with van der Waals surface area (Å²) in [6.07, 6.45) is 3.58. The SMILES string of the molecule is CCCOc1ccc(C(=O)Nc2cc(S(=O)(=O)N3CCCCC3)ccc2OCC)cc1OCC. The number of hydrogen-bond donors (Lipinski definition) is 1. The summed E-state index contributed by atoms with van der Waals surface area (Å²) in [5.74, 6) is 1.05. The second-order valence-electron chi connectivity index (χ2n) is 7.95. The zero-order valence-electron chi connectivity index (χ0n) is 20.1. The Morgan fingerprint density at radius 2 is 1.56 bits per heavy atom. The summed E-state index contributed by atoms with van der Waals surface area (Å²) in [4.78, 5) is 13.2. The molecule has 2 aromatic rings. The van der Waals surface area contributed by atoms with E-state index in [4.69, 9.17) is 14.2 Å². The molecule has 1 aliphatic rings. The maximum absolute atomic E-state index is 13.1. The fourth-order valence-corrected chi connectivity index (χ4v) is 5.29. The molecule has 1 heterocycles. The normalized spacial score (nSPS) is 14.4. The highest BCUT2D eigenvalue weighted by Crippen LogP contribution is 2.32. The van der Waals surface area contributed by atoms with Gasteiger partial charge in [0.25, 0.3) is 5.91 Å². The minimum Gasteiger partial charge on any atom is -0.492 e. The van der Waals surface area contributed by atoms with E-state index in [2.05, 4.69) is 5.32 Å². The van der Waals surface area contributed by atoms with Crippen LogP contribution in [0.4, 0.5) is 5.69 Å². The Balaban J connectivity index is 1.89. The van der Waals surface area contributed by atoms with E-state index in [9.17, 15) is 13.2 Å². The predicted octanol–water partition coefficient (Wildman–Crippen LogP) is 4.70. The first-order valence-electron chi connectivity index (χ1n) is 11.9. The third kappa shape index (κ3) is 6.21. The van der Waals surface area contributed by atoms with Gasteiger partial charge < -0.3 is 19.5 Å². The van der Waals surface area contributed by atoms with E-state index in [0.717, 1.165) is 25.7 Å². The largest absolute Gasteiger partial charge is 0.492 e. The smallest absolute Gasteiger partial charge is 0.255 e. The molecule has 0 atom stereocenters. The van der Waals surface area contributed by atoms with E-state index in [-0.39, 0.29) is 4.90 Å². The number of sulfonamides is 1. The Hall–Kier alpha value is -2.78. The van der Waals surface area contributed by atoms with Crippen LogP contribution in [0.5, 0.6) is 17.2 Å². The van der Waals surface area contributed by atoms with Crippen molar-refractivity contribution in [3.63, 3.8) is 0 Å². The maximum Gasteiger partial charge on any atom is 0.255 e. The van der Waals surface area contributed by atoms with Crippen molar-refractivity contribution in [1.29, 1.82) is 0 Å². The summed E-state index contributed by atoms with van der Waals surface area (Å²) in [5.41, 5.74) is 0.660. The molecule has 1 saturated heterocycles. The summed E-state index contributed by atoms with van der Waals surface area (Å²) in [6.45, 7) is 8.05. The van der Waals surface area contributed by atoms with Crippen LogP contribution in [0.15, 0.2) is 41.3 Å². The topological polar surface area (TPSA) is 94.2 Å². The molecule has 1 fully saturated rings. The number of piperidine rings is 1. The number of carbonyl (C=O) groups is 1. The number of ether oxygens (including phenoxy) is 3. The molecule has 2 aromatic carbocycles. The first kappa shape index (κ1) is 25.8. The van der Waals surface area contributed by atoms with Crippen molar-refractivity contribution >= 4 is 21.6 Å². The van der Waals surface area contributed by atoms with Crippen molar-refractivity contribution in [1.82, 2.24) is 4.31 Å². The van der Waals surface area contributed by atoms with Gasteiger partial charge in [0.15, 0.2) is 11.5 Å². The monoisotopic (exact) mass is 490 g/mol. The Labute approximate surface area is 202 Å². The van der Waals surface area contributed by atoms with E-state index in [0.29, 0.717) is 61.4 Å². The first-order valence-corrected chi connectivity index (χ1v) is 13.3. The van der Waals surface area contributed by atoms with E-state index in [1.807, 2.05) is 20.8 Å². The lowest BCUT2D eigenvalue weighted by molar-refractivity contribution is 0.102. The quantitative estimate of drug-likeness (QED) is 0.491. The van der Waals surface area contributed by atoms with Gasteiger partial charge in [-0.1, -0.05) is 13.3 Å². The van der Waals surface area contributed by atoms with Gasteiger partial charge in [0.05, 0.1) is 30.4 Å². The van der Waals surface area contributed by atoms with E-state index < -0.39 is 15.9 Å². The molecule has 9 heteroatoms. The predicted molar refractivity (Wildman–Crippen MR) is 132 cm³/mol. The maximum atomic E-state index is 13.1. The third-order valence-corrected chi connectivity index (χ3v) is 7.31. The van der Waals surface area contributed by atoms with Crippen molar-refractivity contribution < 1.29 is 27.4 Å². The van der Waals surface area contributed by atoms with Crippen LogP contribution in [0.2, 0.25) is 0 Å². The minimum atomic E-state index is -3.66. The van der Waals surface area contributed by atoms with Crippen LogP contribution in [0.25, 0.3) is 0 Å². The van der Waals surface area contributed by atoms with Crippen LogP contribution in [-0.2, 0) is 10.0 Å². The lowest BCUT2D eigenvalue weighted by Crippen LogP contribution is -2.35. The molecule has 1 amide bonds. The fraction of sp³-hybridized carbons (Fsp3) is 0.480. The molecule has 0 spiro atoms. The summed E-state index contributed by atoms with van der Waals surface area (Å²) < 4.78 is 44.8. The molecule has 0 unspecified atom stereocenters. The molecule has 0 aliphatic carbocycles. The highest BCUT2D eigenvalue weighted by molar-refractivity contribution is 7.89. The molecule has 34 heavy (non-hydrogen) atoms. The zero-order valence-corrected chi connectivity index (χ0v) is 20.9. The second-order valence-corrected chi connectivity index (χ2v) is 9.89. The van der Waals surface area contributed by atoms with Gasteiger partial charge in [0.1, 0.15) is 5.75 Å². The Bertz CT molecular complexity index is 1080. The number of benzene rings is 2. The molecule has 1 aliphatic heterocycles. The van der Waals surface area contributed by atoms with E-state index in [1.165, 1.54) is 16.4 Å². The van der Waals surface area contributed by atoms with Crippen molar-refractivity contribution in [3.8, 4) is 17.2 Å². The average molecular weight is 491 g/mol. The molecule has 0 bridgehead atoms. The molecule has 0 saturated carbocycles. The Morgan fingerprint density at radius 3 is 2.24 bits per heavy atom. The van der Waals surface area contributed by atoms with Crippen LogP contribution in [0.3, 0.4) is 0 Å². The number of anilines is 1. The van der Waals surface area contributed by atoms with Gasteiger partial charge in [-0.25, -0.2) is 8.42 Å². The van der Waals surface area contributed by atoms with Crippen molar-refractivity contribution in [2.45, 2.75) is 51.3 Å². The fourth-order valence-electron chi connectivity index (χ4n) is 3.75. The molecule has 8 nitrogen and oxygen atoms in total. The summed E-state index contributed by atoms with van der Waals surface area (Å²) >= 11 is 0. The average Bonchev–Trinajstić information content (AvgIpc) is 2.85. The summed E-state index contributed by atoms with van der Waals surface area (Å²) in [6, 6.07) is 9.56. The van der Waals surface area contributed by atoms with E-state index in [1.54, 1.807) is 24.3 Å². The number of nitrogens with one attached hydrogen (secondary N) is 1.